The Kier molecular flexibility index (Phi) is 2.31. The van der Waals surface area contributed by atoms with Gasteiger partial charge in [0.1, 0.15) is 5.69 Å². The van der Waals surface area contributed by atoms with Crippen LogP contribution >= 0.6 is 0 Å². The van der Waals surface area contributed by atoms with Gasteiger partial charge in [0.15, 0.2) is 5.82 Å². The Balaban J connectivity index is 2.17. The fourth-order valence-corrected chi connectivity index (χ4v) is 2.35. The molecule has 88 valence electrons. The molecular weight excluding hydrogens is 216 g/mol. The largest absolute Gasteiger partial charge is 0.305 e. The van der Waals surface area contributed by atoms with E-state index in [-0.39, 0.29) is 5.56 Å². The van der Waals surface area contributed by atoms with Crippen molar-refractivity contribution in [2.45, 2.75) is 32.7 Å². The van der Waals surface area contributed by atoms with Gasteiger partial charge in [-0.2, -0.15) is 5.10 Å². The predicted molar refractivity (Wildman–Crippen MR) is 63.8 cm³/mol. The minimum atomic E-state index is 0.00588. The fraction of sp³-hybridized carbons (Fsp3) is 0.417. The van der Waals surface area contributed by atoms with Gasteiger partial charge < -0.3 is 4.98 Å². The van der Waals surface area contributed by atoms with E-state index in [1.807, 2.05) is 17.7 Å². The summed E-state index contributed by atoms with van der Waals surface area (Å²) in [5.74, 6) is 0.634. The number of aromatic amines is 1. The number of H-pyrrole nitrogens is 1. The summed E-state index contributed by atoms with van der Waals surface area (Å²) in [6.07, 6.45) is 4.52. The summed E-state index contributed by atoms with van der Waals surface area (Å²) in [6, 6.07) is 1.88. The molecule has 2 aromatic rings. The monoisotopic (exact) mass is 230 g/mol. The summed E-state index contributed by atoms with van der Waals surface area (Å²) in [7, 11) is 0. The lowest BCUT2D eigenvalue weighted by atomic mass is 10.2. The van der Waals surface area contributed by atoms with Crippen molar-refractivity contribution in [2.24, 2.45) is 0 Å². The molecule has 1 aliphatic carbocycles. The molecule has 5 nitrogen and oxygen atoms in total. The van der Waals surface area contributed by atoms with Gasteiger partial charge >= 0.3 is 0 Å². The number of hydrogen-bond acceptors (Lipinski definition) is 3. The zero-order valence-electron chi connectivity index (χ0n) is 9.73. The van der Waals surface area contributed by atoms with Crippen LogP contribution in [0.3, 0.4) is 0 Å². The SMILES string of the molecule is CCn1nccc1-c1nc2c(c(=O)[nH]1)CCC2. The molecule has 0 fully saturated rings. The molecule has 2 aromatic heterocycles. The molecule has 3 rings (SSSR count). The van der Waals surface area contributed by atoms with Gasteiger partial charge in [-0.3, -0.25) is 9.48 Å². The third-order valence-electron chi connectivity index (χ3n) is 3.20. The van der Waals surface area contributed by atoms with Crippen LogP contribution in [-0.4, -0.2) is 19.7 Å². The number of rotatable bonds is 2. The van der Waals surface area contributed by atoms with Crippen LogP contribution in [0.2, 0.25) is 0 Å². The molecule has 0 saturated heterocycles. The van der Waals surface area contributed by atoms with Crippen LogP contribution in [0.1, 0.15) is 24.6 Å². The average Bonchev–Trinajstić information content (AvgIpc) is 2.96. The zero-order valence-corrected chi connectivity index (χ0v) is 9.73. The highest BCUT2D eigenvalue weighted by molar-refractivity contribution is 5.49. The Hall–Kier alpha value is -1.91. The second-order valence-corrected chi connectivity index (χ2v) is 4.23. The van der Waals surface area contributed by atoms with Crippen LogP contribution in [0.15, 0.2) is 17.1 Å². The molecule has 0 aromatic carbocycles. The van der Waals surface area contributed by atoms with Crippen LogP contribution in [0.25, 0.3) is 11.5 Å². The van der Waals surface area contributed by atoms with Crippen LogP contribution < -0.4 is 5.56 Å². The molecule has 0 bridgehead atoms. The van der Waals surface area contributed by atoms with E-state index in [4.69, 9.17) is 0 Å². The van der Waals surface area contributed by atoms with Crippen molar-refractivity contribution in [3.63, 3.8) is 0 Å². The second kappa shape index (κ2) is 3.84. The maximum Gasteiger partial charge on any atom is 0.254 e. The maximum atomic E-state index is 11.9. The molecule has 2 heterocycles. The Bertz CT molecular complexity index is 611. The van der Waals surface area contributed by atoms with E-state index in [0.717, 1.165) is 42.8 Å². The number of nitrogens with one attached hydrogen (secondary N) is 1. The quantitative estimate of drug-likeness (QED) is 0.841. The van der Waals surface area contributed by atoms with Crippen molar-refractivity contribution >= 4 is 0 Å². The smallest absolute Gasteiger partial charge is 0.254 e. The summed E-state index contributed by atoms with van der Waals surface area (Å²) in [5.41, 5.74) is 2.69. The fourth-order valence-electron chi connectivity index (χ4n) is 2.35. The summed E-state index contributed by atoms with van der Waals surface area (Å²) in [4.78, 5) is 19.3. The first-order chi connectivity index (χ1) is 8.29. The van der Waals surface area contributed by atoms with Gasteiger partial charge in [-0.05, 0) is 32.3 Å². The van der Waals surface area contributed by atoms with Gasteiger partial charge in [0, 0.05) is 18.3 Å². The van der Waals surface area contributed by atoms with Crippen molar-refractivity contribution in [3.8, 4) is 11.5 Å². The molecule has 1 aliphatic rings. The predicted octanol–water partition coefficient (Wildman–Crippen LogP) is 1.14. The zero-order chi connectivity index (χ0) is 11.8. The molecule has 17 heavy (non-hydrogen) atoms. The third kappa shape index (κ3) is 1.58. The summed E-state index contributed by atoms with van der Waals surface area (Å²) < 4.78 is 1.83. The van der Waals surface area contributed by atoms with E-state index in [0.29, 0.717) is 5.82 Å². The standard InChI is InChI=1S/C12H14N4O/c1-2-16-10(6-7-13-16)11-14-9-5-3-4-8(9)12(17)15-11/h6-7H,2-5H2,1H3,(H,14,15,17). The molecule has 5 heteroatoms. The number of fused-ring (bicyclic) bond motifs is 1. The molecule has 0 aliphatic heterocycles. The lowest BCUT2D eigenvalue weighted by Gasteiger charge is -2.05. The van der Waals surface area contributed by atoms with Crippen molar-refractivity contribution in [2.75, 3.05) is 0 Å². The summed E-state index contributed by atoms with van der Waals surface area (Å²) >= 11 is 0. The van der Waals surface area contributed by atoms with Crippen LogP contribution in [-0.2, 0) is 19.4 Å². The summed E-state index contributed by atoms with van der Waals surface area (Å²) in [5, 5.41) is 4.19. The molecule has 0 radical (unpaired) electrons. The van der Waals surface area contributed by atoms with E-state index in [2.05, 4.69) is 15.1 Å². The Labute approximate surface area is 98.5 Å². The molecule has 0 atom stereocenters. The van der Waals surface area contributed by atoms with E-state index in [9.17, 15) is 4.79 Å². The van der Waals surface area contributed by atoms with Crippen molar-refractivity contribution < 1.29 is 0 Å². The first-order valence-corrected chi connectivity index (χ1v) is 5.94. The van der Waals surface area contributed by atoms with Gasteiger partial charge in [-0.25, -0.2) is 4.98 Å². The molecular formula is C12H14N4O. The average molecular weight is 230 g/mol. The third-order valence-corrected chi connectivity index (χ3v) is 3.20. The van der Waals surface area contributed by atoms with E-state index in [1.165, 1.54) is 0 Å². The molecule has 0 spiro atoms. The number of hydrogen-bond donors (Lipinski definition) is 1. The minimum absolute atomic E-state index is 0.00588. The normalized spacial score (nSPS) is 13.9. The molecule has 0 amide bonds. The first kappa shape index (κ1) is 10.3. The number of aryl methyl sites for hydroxylation is 2. The summed E-state index contributed by atoms with van der Waals surface area (Å²) in [6.45, 7) is 2.78. The van der Waals surface area contributed by atoms with E-state index < -0.39 is 0 Å². The van der Waals surface area contributed by atoms with Crippen LogP contribution in [0.5, 0.6) is 0 Å². The lowest BCUT2D eigenvalue weighted by Crippen LogP contribution is -2.16. The highest BCUT2D eigenvalue weighted by Gasteiger charge is 2.18. The van der Waals surface area contributed by atoms with Gasteiger partial charge in [0.25, 0.3) is 5.56 Å². The Morgan fingerprint density at radius 2 is 2.35 bits per heavy atom. The van der Waals surface area contributed by atoms with Gasteiger partial charge in [0.05, 0.1) is 5.69 Å². The molecule has 0 unspecified atom stereocenters. The van der Waals surface area contributed by atoms with Gasteiger partial charge in [0.2, 0.25) is 0 Å². The highest BCUT2D eigenvalue weighted by Crippen LogP contribution is 2.19. The minimum Gasteiger partial charge on any atom is -0.305 e. The molecule has 1 N–H and O–H groups in total. The Morgan fingerprint density at radius 3 is 3.18 bits per heavy atom. The maximum absolute atomic E-state index is 11.9. The van der Waals surface area contributed by atoms with E-state index >= 15 is 0 Å². The van der Waals surface area contributed by atoms with E-state index in [1.54, 1.807) is 6.20 Å². The second-order valence-electron chi connectivity index (χ2n) is 4.23. The van der Waals surface area contributed by atoms with Crippen molar-refractivity contribution in [1.29, 1.82) is 0 Å². The Morgan fingerprint density at radius 1 is 1.47 bits per heavy atom. The van der Waals surface area contributed by atoms with Crippen LogP contribution in [0, 0.1) is 0 Å². The lowest BCUT2D eigenvalue weighted by molar-refractivity contribution is 0.663. The van der Waals surface area contributed by atoms with Crippen LogP contribution in [0.4, 0.5) is 0 Å². The first-order valence-electron chi connectivity index (χ1n) is 5.94. The van der Waals surface area contributed by atoms with Crippen molar-refractivity contribution in [1.82, 2.24) is 19.7 Å². The van der Waals surface area contributed by atoms with Gasteiger partial charge in [-0.1, -0.05) is 0 Å². The number of nitrogens with zero attached hydrogens (tertiary/aromatic N) is 3. The number of aromatic nitrogens is 4. The van der Waals surface area contributed by atoms with Crippen molar-refractivity contribution in [3.05, 3.63) is 33.9 Å². The van der Waals surface area contributed by atoms with Gasteiger partial charge in [-0.15, -0.1) is 0 Å². The topological polar surface area (TPSA) is 63.6 Å². The highest BCUT2D eigenvalue weighted by atomic mass is 16.1. The molecule has 0 saturated carbocycles.